The molecule has 1 heterocycles. The molecular formula is C18H20N2O3. The first-order chi connectivity index (χ1) is 11.2. The Morgan fingerprint density at radius 3 is 2.91 bits per heavy atom. The summed E-state index contributed by atoms with van der Waals surface area (Å²) in [5.41, 5.74) is 0.969. The molecule has 1 aromatic carbocycles. The second kappa shape index (κ2) is 7.98. The third-order valence-electron chi connectivity index (χ3n) is 3.21. The van der Waals surface area contributed by atoms with Crippen molar-refractivity contribution in [3.8, 4) is 11.5 Å². The average molecular weight is 312 g/mol. The molecule has 0 bridgehead atoms. The summed E-state index contributed by atoms with van der Waals surface area (Å²) in [5, 5.41) is 9.82. The Kier molecular flexibility index (Phi) is 5.74. The summed E-state index contributed by atoms with van der Waals surface area (Å²) in [4.78, 5) is 18.1. The number of hydrogen-bond donors (Lipinski definition) is 1. The second-order valence-electron chi connectivity index (χ2n) is 4.93. The van der Waals surface area contributed by atoms with Gasteiger partial charge in [0, 0.05) is 19.3 Å². The highest BCUT2D eigenvalue weighted by molar-refractivity contribution is 5.94. The maximum absolute atomic E-state index is 12.6. The number of pyridine rings is 1. The molecule has 0 aliphatic rings. The Morgan fingerprint density at radius 2 is 2.22 bits per heavy atom. The number of carbonyl (C=O) groups is 1. The summed E-state index contributed by atoms with van der Waals surface area (Å²) in [6.45, 7) is 6.92. The molecule has 0 aliphatic heterocycles. The number of amides is 1. The summed E-state index contributed by atoms with van der Waals surface area (Å²) in [6, 6.07) is 10.6. The highest BCUT2D eigenvalue weighted by atomic mass is 16.5. The van der Waals surface area contributed by atoms with Crippen LogP contribution >= 0.6 is 0 Å². The van der Waals surface area contributed by atoms with Crippen LogP contribution in [0, 0.1) is 0 Å². The number of hydrogen-bond acceptors (Lipinski definition) is 4. The predicted molar refractivity (Wildman–Crippen MR) is 88.5 cm³/mol. The molecule has 0 aliphatic carbocycles. The van der Waals surface area contributed by atoms with E-state index in [1.54, 1.807) is 17.0 Å². The van der Waals surface area contributed by atoms with E-state index < -0.39 is 0 Å². The van der Waals surface area contributed by atoms with E-state index in [2.05, 4.69) is 11.6 Å². The van der Waals surface area contributed by atoms with Gasteiger partial charge in [-0.15, -0.1) is 6.58 Å². The largest absolute Gasteiger partial charge is 0.505 e. The van der Waals surface area contributed by atoms with Gasteiger partial charge in [0.25, 0.3) is 5.91 Å². The second-order valence-corrected chi connectivity index (χ2v) is 4.93. The van der Waals surface area contributed by atoms with Gasteiger partial charge in [0.05, 0.1) is 6.61 Å². The molecule has 2 aromatic rings. The van der Waals surface area contributed by atoms with Crippen LogP contribution in [0.25, 0.3) is 0 Å². The van der Waals surface area contributed by atoms with Crippen LogP contribution in [0.4, 0.5) is 0 Å². The van der Waals surface area contributed by atoms with Crippen LogP contribution in [0.2, 0.25) is 0 Å². The van der Waals surface area contributed by atoms with Crippen molar-refractivity contribution in [3.63, 3.8) is 0 Å². The van der Waals surface area contributed by atoms with Gasteiger partial charge in [-0.25, -0.2) is 4.98 Å². The third-order valence-corrected chi connectivity index (χ3v) is 3.21. The number of aromatic nitrogens is 1. The maximum atomic E-state index is 12.6. The zero-order chi connectivity index (χ0) is 16.7. The zero-order valence-electron chi connectivity index (χ0n) is 13.1. The molecule has 0 saturated heterocycles. The van der Waals surface area contributed by atoms with Crippen LogP contribution < -0.4 is 4.74 Å². The van der Waals surface area contributed by atoms with Crippen LogP contribution in [0.5, 0.6) is 11.5 Å². The normalized spacial score (nSPS) is 10.1. The predicted octanol–water partition coefficient (Wildman–Crippen LogP) is 3.01. The molecule has 23 heavy (non-hydrogen) atoms. The average Bonchev–Trinajstić information content (AvgIpc) is 2.55. The molecule has 0 atom stereocenters. The number of ether oxygens (including phenoxy) is 1. The molecule has 1 aromatic heterocycles. The van der Waals surface area contributed by atoms with E-state index in [1.807, 2.05) is 31.2 Å². The fourth-order valence-electron chi connectivity index (χ4n) is 2.21. The minimum atomic E-state index is -0.343. The Balaban J connectivity index is 2.21. The zero-order valence-corrected chi connectivity index (χ0v) is 13.1. The van der Waals surface area contributed by atoms with Gasteiger partial charge in [0.15, 0.2) is 5.69 Å². The van der Waals surface area contributed by atoms with Crippen LogP contribution in [-0.4, -0.2) is 34.0 Å². The van der Waals surface area contributed by atoms with Crippen molar-refractivity contribution in [1.82, 2.24) is 9.88 Å². The topological polar surface area (TPSA) is 62.7 Å². The van der Waals surface area contributed by atoms with Gasteiger partial charge in [-0.1, -0.05) is 18.2 Å². The Bertz CT molecular complexity index is 685. The quantitative estimate of drug-likeness (QED) is 0.798. The molecule has 0 radical (unpaired) electrons. The number of rotatable bonds is 7. The molecule has 1 N–H and O–H groups in total. The molecule has 1 amide bonds. The van der Waals surface area contributed by atoms with Gasteiger partial charge in [-0.05, 0) is 36.8 Å². The van der Waals surface area contributed by atoms with Gasteiger partial charge >= 0.3 is 0 Å². The van der Waals surface area contributed by atoms with Crippen LogP contribution in [0.1, 0.15) is 23.0 Å². The standard InChI is InChI=1S/C18H20N2O3/c1-3-11-20(18(22)17-16(21)9-6-10-19-17)13-14-7-5-8-15(12-14)23-4-2/h3,5-10,12,21H,1,4,11,13H2,2H3. The van der Waals surface area contributed by atoms with Gasteiger partial charge in [-0.3, -0.25) is 4.79 Å². The van der Waals surface area contributed by atoms with E-state index in [1.165, 1.54) is 12.3 Å². The van der Waals surface area contributed by atoms with Crippen LogP contribution in [0.15, 0.2) is 55.3 Å². The van der Waals surface area contributed by atoms with Crippen molar-refractivity contribution in [3.05, 3.63) is 66.5 Å². The monoisotopic (exact) mass is 312 g/mol. The SMILES string of the molecule is C=CCN(Cc1cccc(OCC)c1)C(=O)c1ncccc1O. The summed E-state index contributed by atoms with van der Waals surface area (Å²) < 4.78 is 5.48. The van der Waals surface area contributed by atoms with Crippen LogP contribution in [-0.2, 0) is 6.54 Å². The number of carbonyl (C=O) groups excluding carboxylic acids is 1. The van der Waals surface area contributed by atoms with E-state index in [0.29, 0.717) is 19.7 Å². The minimum Gasteiger partial charge on any atom is -0.505 e. The lowest BCUT2D eigenvalue weighted by Crippen LogP contribution is -2.31. The number of benzene rings is 1. The third kappa shape index (κ3) is 4.32. The molecule has 120 valence electrons. The summed E-state index contributed by atoms with van der Waals surface area (Å²) >= 11 is 0. The van der Waals surface area contributed by atoms with Crippen molar-refractivity contribution >= 4 is 5.91 Å². The van der Waals surface area contributed by atoms with Crippen molar-refractivity contribution in [2.24, 2.45) is 0 Å². The van der Waals surface area contributed by atoms with Crippen LogP contribution in [0.3, 0.4) is 0 Å². The summed E-state index contributed by atoms with van der Waals surface area (Å²) in [6.07, 6.45) is 3.12. The Labute approximate surface area is 135 Å². The first-order valence-corrected chi connectivity index (χ1v) is 7.41. The van der Waals surface area contributed by atoms with Crippen molar-refractivity contribution in [2.45, 2.75) is 13.5 Å². The molecule has 0 unspecified atom stereocenters. The van der Waals surface area contributed by atoms with Crippen molar-refractivity contribution < 1.29 is 14.6 Å². The molecule has 0 saturated carbocycles. The van der Waals surface area contributed by atoms with E-state index in [4.69, 9.17) is 4.74 Å². The molecule has 2 rings (SSSR count). The minimum absolute atomic E-state index is 0.0373. The lowest BCUT2D eigenvalue weighted by molar-refractivity contribution is 0.0753. The van der Waals surface area contributed by atoms with Gasteiger partial charge in [0.2, 0.25) is 0 Å². The van der Waals surface area contributed by atoms with Crippen molar-refractivity contribution in [2.75, 3.05) is 13.2 Å². The molecular weight excluding hydrogens is 292 g/mol. The summed E-state index contributed by atoms with van der Waals surface area (Å²) in [5.74, 6) is 0.288. The molecule has 5 heteroatoms. The van der Waals surface area contributed by atoms with E-state index >= 15 is 0 Å². The highest BCUT2D eigenvalue weighted by Crippen LogP contribution is 2.19. The smallest absolute Gasteiger partial charge is 0.276 e. The molecule has 0 spiro atoms. The first kappa shape index (κ1) is 16.5. The van der Waals surface area contributed by atoms with E-state index in [0.717, 1.165) is 11.3 Å². The molecule has 5 nitrogen and oxygen atoms in total. The first-order valence-electron chi connectivity index (χ1n) is 7.41. The van der Waals surface area contributed by atoms with E-state index in [9.17, 15) is 9.90 Å². The number of nitrogens with zero attached hydrogens (tertiary/aromatic N) is 2. The van der Waals surface area contributed by atoms with Gasteiger partial charge < -0.3 is 14.7 Å². The Morgan fingerprint density at radius 1 is 1.39 bits per heavy atom. The summed E-state index contributed by atoms with van der Waals surface area (Å²) in [7, 11) is 0. The fourth-order valence-corrected chi connectivity index (χ4v) is 2.21. The lowest BCUT2D eigenvalue weighted by Gasteiger charge is -2.21. The highest BCUT2D eigenvalue weighted by Gasteiger charge is 2.19. The fraction of sp³-hybridized carbons (Fsp3) is 0.222. The number of aromatic hydroxyl groups is 1. The van der Waals surface area contributed by atoms with E-state index in [-0.39, 0.29) is 17.4 Å². The van der Waals surface area contributed by atoms with Gasteiger partial charge in [-0.2, -0.15) is 0 Å². The molecule has 0 fully saturated rings. The van der Waals surface area contributed by atoms with Gasteiger partial charge in [0.1, 0.15) is 11.5 Å². The lowest BCUT2D eigenvalue weighted by atomic mass is 10.2. The maximum Gasteiger partial charge on any atom is 0.276 e. The van der Waals surface area contributed by atoms with Crippen molar-refractivity contribution in [1.29, 1.82) is 0 Å². The Hall–Kier alpha value is -2.82.